The van der Waals surface area contributed by atoms with Crippen molar-refractivity contribution in [1.29, 1.82) is 0 Å². The van der Waals surface area contributed by atoms with Gasteiger partial charge in [0.2, 0.25) is 0 Å². The number of nitrogens with zero attached hydrogens (tertiary/aromatic N) is 2. The van der Waals surface area contributed by atoms with E-state index in [1.165, 1.54) is 29.1 Å². The van der Waals surface area contributed by atoms with Crippen molar-refractivity contribution in [1.82, 2.24) is 4.57 Å². The molecule has 2 aromatic carbocycles. The minimum absolute atomic E-state index is 0.0340. The van der Waals surface area contributed by atoms with Crippen molar-refractivity contribution in [3.63, 3.8) is 0 Å². The number of hydrogen-bond acceptors (Lipinski definition) is 9. The summed E-state index contributed by atoms with van der Waals surface area (Å²) in [6.45, 7) is 9.84. The number of aromatic nitrogens is 1. The molecule has 1 unspecified atom stereocenters. The Morgan fingerprint density at radius 1 is 1.18 bits per heavy atom. The van der Waals surface area contributed by atoms with Crippen LogP contribution in [0.1, 0.15) is 37.9 Å². The maximum absolute atomic E-state index is 13.9. The van der Waals surface area contributed by atoms with E-state index in [0.717, 1.165) is 0 Å². The second-order valence-electron chi connectivity index (χ2n) is 8.59. The van der Waals surface area contributed by atoms with Crippen molar-refractivity contribution in [3.05, 3.63) is 89.5 Å². The molecule has 1 aliphatic heterocycles. The van der Waals surface area contributed by atoms with Gasteiger partial charge in [-0.15, -0.1) is 0 Å². The first-order valence-electron chi connectivity index (χ1n) is 12.5. The minimum atomic E-state index is -0.817. The molecule has 0 bridgehead atoms. The SMILES string of the molecule is C=CCOc1ccc(C2C(C(=O)OCC)=C(C)N=c3sc(=Cc4cc(OC)c(O)cc4Br)c(=O)n32)cc1OCC. The third-order valence-electron chi connectivity index (χ3n) is 6.04. The molecule has 40 heavy (non-hydrogen) atoms. The number of thiazole rings is 1. The Bertz CT molecular complexity index is 1670. The van der Waals surface area contributed by atoms with E-state index in [1.54, 1.807) is 50.3 Å². The van der Waals surface area contributed by atoms with E-state index < -0.39 is 12.0 Å². The summed E-state index contributed by atoms with van der Waals surface area (Å²) >= 11 is 4.63. The lowest BCUT2D eigenvalue weighted by Gasteiger charge is -2.25. The number of methoxy groups -OCH3 is 1. The average molecular weight is 630 g/mol. The summed E-state index contributed by atoms with van der Waals surface area (Å²) in [6, 6.07) is 7.62. The molecule has 0 radical (unpaired) electrons. The largest absolute Gasteiger partial charge is 0.504 e. The molecular weight excluding hydrogens is 600 g/mol. The lowest BCUT2D eigenvalue weighted by molar-refractivity contribution is -0.139. The molecule has 9 nitrogen and oxygen atoms in total. The van der Waals surface area contributed by atoms with Gasteiger partial charge in [-0.05, 0) is 62.2 Å². The molecule has 4 rings (SSSR count). The predicted molar refractivity (Wildman–Crippen MR) is 156 cm³/mol. The second-order valence-corrected chi connectivity index (χ2v) is 10.5. The number of hydrogen-bond donors (Lipinski definition) is 1. The molecule has 1 N–H and O–H groups in total. The van der Waals surface area contributed by atoms with Gasteiger partial charge in [-0.25, -0.2) is 9.79 Å². The zero-order chi connectivity index (χ0) is 29.0. The molecule has 1 aromatic heterocycles. The van der Waals surface area contributed by atoms with Crippen LogP contribution in [0.15, 0.2) is 68.5 Å². The van der Waals surface area contributed by atoms with Crippen LogP contribution in [0.5, 0.6) is 23.0 Å². The van der Waals surface area contributed by atoms with Crippen LogP contribution >= 0.6 is 27.3 Å². The molecule has 2 heterocycles. The summed E-state index contributed by atoms with van der Waals surface area (Å²) in [5.41, 5.74) is 1.63. The first kappa shape index (κ1) is 29.2. The number of phenolic OH excluding ortho intramolecular Hbond substituents is 1. The number of halogens is 1. The van der Waals surface area contributed by atoms with E-state index in [0.29, 0.717) is 55.3 Å². The number of esters is 1. The van der Waals surface area contributed by atoms with Crippen LogP contribution in [0, 0.1) is 0 Å². The highest BCUT2D eigenvalue weighted by molar-refractivity contribution is 9.10. The van der Waals surface area contributed by atoms with Gasteiger partial charge in [0.05, 0.1) is 42.2 Å². The van der Waals surface area contributed by atoms with Crippen molar-refractivity contribution < 1.29 is 28.8 Å². The number of carbonyl (C=O) groups excluding carboxylic acids is 1. The van der Waals surface area contributed by atoms with Crippen LogP contribution in [0.2, 0.25) is 0 Å². The van der Waals surface area contributed by atoms with Gasteiger partial charge in [0.1, 0.15) is 6.61 Å². The highest BCUT2D eigenvalue weighted by Gasteiger charge is 2.34. The van der Waals surface area contributed by atoms with Crippen molar-refractivity contribution in [2.45, 2.75) is 26.8 Å². The third kappa shape index (κ3) is 5.71. The Balaban J connectivity index is 1.96. The summed E-state index contributed by atoms with van der Waals surface area (Å²) in [4.78, 5) is 32.2. The maximum atomic E-state index is 13.9. The van der Waals surface area contributed by atoms with Crippen molar-refractivity contribution in [3.8, 4) is 23.0 Å². The van der Waals surface area contributed by atoms with Gasteiger partial charge in [-0.1, -0.05) is 46.0 Å². The number of allylic oxidation sites excluding steroid dienone is 1. The van der Waals surface area contributed by atoms with Crippen LogP contribution in [0.4, 0.5) is 0 Å². The topological polar surface area (TPSA) is 109 Å². The zero-order valence-electron chi connectivity index (χ0n) is 22.5. The van der Waals surface area contributed by atoms with E-state index in [-0.39, 0.29) is 29.2 Å². The van der Waals surface area contributed by atoms with E-state index >= 15 is 0 Å². The molecule has 11 heteroatoms. The van der Waals surface area contributed by atoms with Gasteiger partial charge in [0.25, 0.3) is 5.56 Å². The summed E-state index contributed by atoms with van der Waals surface area (Å²) < 4.78 is 24.7. The quantitative estimate of drug-likeness (QED) is 0.264. The van der Waals surface area contributed by atoms with Gasteiger partial charge >= 0.3 is 5.97 Å². The highest BCUT2D eigenvalue weighted by atomic mass is 79.9. The van der Waals surface area contributed by atoms with Crippen LogP contribution < -0.4 is 29.1 Å². The predicted octanol–water partition coefficient (Wildman–Crippen LogP) is 4.24. The van der Waals surface area contributed by atoms with Gasteiger partial charge in [-0.3, -0.25) is 9.36 Å². The normalized spacial score (nSPS) is 14.8. The lowest BCUT2D eigenvalue weighted by Crippen LogP contribution is -2.40. The van der Waals surface area contributed by atoms with Gasteiger partial charge in [0, 0.05) is 4.47 Å². The number of aromatic hydroxyl groups is 1. The number of rotatable bonds is 10. The molecule has 0 spiro atoms. The fourth-order valence-electron chi connectivity index (χ4n) is 4.31. The first-order valence-corrected chi connectivity index (χ1v) is 14.1. The summed E-state index contributed by atoms with van der Waals surface area (Å²) in [7, 11) is 1.45. The van der Waals surface area contributed by atoms with E-state index in [4.69, 9.17) is 18.9 Å². The molecule has 0 aliphatic carbocycles. The zero-order valence-corrected chi connectivity index (χ0v) is 24.9. The number of carbonyl (C=O) groups is 1. The molecule has 0 saturated heterocycles. The van der Waals surface area contributed by atoms with Crippen LogP contribution in [-0.2, 0) is 9.53 Å². The van der Waals surface area contributed by atoms with E-state index in [2.05, 4.69) is 27.5 Å². The lowest BCUT2D eigenvalue weighted by atomic mass is 9.95. The van der Waals surface area contributed by atoms with Crippen molar-refractivity contribution in [2.24, 2.45) is 4.99 Å². The van der Waals surface area contributed by atoms with Gasteiger partial charge in [0.15, 0.2) is 27.8 Å². The van der Waals surface area contributed by atoms with Gasteiger partial charge < -0.3 is 24.1 Å². The summed E-state index contributed by atoms with van der Waals surface area (Å²) in [6.07, 6.45) is 3.32. The van der Waals surface area contributed by atoms with Crippen LogP contribution in [0.25, 0.3) is 6.08 Å². The Labute approximate surface area is 243 Å². The number of benzene rings is 2. The number of fused-ring (bicyclic) bond motifs is 1. The smallest absolute Gasteiger partial charge is 0.338 e. The molecule has 0 fully saturated rings. The summed E-state index contributed by atoms with van der Waals surface area (Å²) in [5, 5.41) is 10.1. The molecule has 1 aliphatic rings. The Morgan fingerprint density at radius 2 is 1.95 bits per heavy atom. The van der Waals surface area contributed by atoms with E-state index in [1.807, 2.05) is 6.92 Å². The monoisotopic (exact) mass is 628 g/mol. The minimum Gasteiger partial charge on any atom is -0.504 e. The van der Waals surface area contributed by atoms with Crippen molar-refractivity contribution >= 4 is 39.3 Å². The van der Waals surface area contributed by atoms with Crippen LogP contribution in [0.3, 0.4) is 0 Å². The first-order chi connectivity index (χ1) is 19.2. The maximum Gasteiger partial charge on any atom is 0.338 e. The molecule has 210 valence electrons. The standard InChI is InChI=1S/C29H29BrN2O7S/c1-6-11-39-21-10-9-17(12-23(21)37-7-2)26-25(28(35)38-8-3)16(4)31-29-32(26)27(34)24(40-29)14-18-13-22(36-5)20(33)15-19(18)30/h6,9-10,12-15,26,33H,1,7-8,11H2,2-5H3. The fraction of sp³-hybridized carbons (Fsp3) is 0.276. The average Bonchev–Trinajstić information content (AvgIpc) is 3.23. The van der Waals surface area contributed by atoms with E-state index in [9.17, 15) is 14.7 Å². The summed E-state index contributed by atoms with van der Waals surface area (Å²) in [5.74, 6) is 0.666. The molecule has 0 amide bonds. The second kappa shape index (κ2) is 12.6. The molecule has 1 atom stereocenters. The Hall–Kier alpha value is -3.83. The Kier molecular flexibility index (Phi) is 9.16. The van der Waals surface area contributed by atoms with Gasteiger partial charge in [-0.2, -0.15) is 0 Å². The Morgan fingerprint density at radius 3 is 2.62 bits per heavy atom. The molecular formula is C29H29BrN2O7S. The van der Waals surface area contributed by atoms with Crippen molar-refractivity contribution in [2.75, 3.05) is 26.9 Å². The number of ether oxygens (including phenoxy) is 4. The van der Waals surface area contributed by atoms with Crippen LogP contribution in [-0.4, -0.2) is 42.6 Å². The molecule has 3 aromatic rings. The molecule has 0 saturated carbocycles. The third-order valence-corrected chi connectivity index (χ3v) is 7.71. The number of phenols is 1. The highest BCUT2D eigenvalue weighted by Crippen LogP contribution is 2.37. The fourth-order valence-corrected chi connectivity index (χ4v) is 5.80.